The number of hydrogen-bond donors (Lipinski definition) is 1. The molecule has 2 rings (SSSR count). The molecule has 4 nitrogen and oxygen atoms in total. The Bertz CT molecular complexity index is 534. The molecule has 0 radical (unpaired) electrons. The Balaban J connectivity index is 2.31. The summed E-state index contributed by atoms with van der Waals surface area (Å²) in [5, 5.41) is 0. The number of aryl methyl sites for hydroxylation is 1. The van der Waals surface area contributed by atoms with Crippen molar-refractivity contribution in [1.29, 1.82) is 0 Å². The second-order valence-corrected chi connectivity index (χ2v) is 7.30. The quantitative estimate of drug-likeness (QED) is 0.866. The molecule has 5 heteroatoms. The van der Waals surface area contributed by atoms with Gasteiger partial charge in [-0.15, -0.1) is 0 Å². The maximum atomic E-state index is 12.6. The van der Waals surface area contributed by atoms with Crippen LogP contribution in [0.3, 0.4) is 0 Å². The first kappa shape index (κ1) is 14.3. The third kappa shape index (κ3) is 3.09. The molecule has 106 valence electrons. The van der Waals surface area contributed by atoms with E-state index in [9.17, 15) is 8.42 Å². The summed E-state index contributed by atoms with van der Waals surface area (Å²) in [7, 11) is -3.40. The number of sulfonamides is 1. The number of rotatable bonds is 3. The number of benzene rings is 1. The fourth-order valence-corrected chi connectivity index (χ4v) is 4.35. The molecular formula is C14H22N2O2S. The zero-order valence-corrected chi connectivity index (χ0v) is 12.4. The Hall–Kier alpha value is -1.07. The number of nitrogen functional groups attached to an aromatic ring is 1. The maximum absolute atomic E-state index is 12.6. The van der Waals surface area contributed by atoms with Crippen LogP contribution in [0.5, 0.6) is 0 Å². The molecule has 0 saturated carbocycles. The standard InChI is InChI=1S/C14H22N2O2S/c1-3-12-5-4-6-16(10-12)19(17,18)14-8-11(2)7-13(15)9-14/h7-9,12H,3-6,10,15H2,1-2H3. The number of nitrogens with two attached hydrogens (primary N) is 1. The molecule has 0 bridgehead atoms. The predicted molar refractivity (Wildman–Crippen MR) is 77.4 cm³/mol. The summed E-state index contributed by atoms with van der Waals surface area (Å²) in [6.45, 7) is 5.23. The topological polar surface area (TPSA) is 63.4 Å². The monoisotopic (exact) mass is 282 g/mol. The van der Waals surface area contributed by atoms with Crippen LogP contribution in [0.15, 0.2) is 23.1 Å². The second kappa shape index (κ2) is 5.51. The number of nitrogens with zero attached hydrogens (tertiary/aromatic N) is 1. The Morgan fingerprint density at radius 3 is 2.74 bits per heavy atom. The van der Waals surface area contributed by atoms with E-state index in [2.05, 4.69) is 6.92 Å². The van der Waals surface area contributed by atoms with Crippen LogP contribution in [0.4, 0.5) is 5.69 Å². The zero-order chi connectivity index (χ0) is 14.0. The predicted octanol–water partition coefficient (Wildman–Crippen LogP) is 2.39. The first-order valence-corrected chi connectivity index (χ1v) is 8.25. The van der Waals surface area contributed by atoms with E-state index in [0.29, 0.717) is 29.6 Å². The SMILES string of the molecule is CCC1CCCN(S(=O)(=O)c2cc(C)cc(N)c2)C1. The average Bonchev–Trinajstić information content (AvgIpc) is 2.37. The van der Waals surface area contributed by atoms with Crippen molar-refractivity contribution in [2.75, 3.05) is 18.8 Å². The van der Waals surface area contributed by atoms with Crippen molar-refractivity contribution in [1.82, 2.24) is 4.31 Å². The van der Waals surface area contributed by atoms with Gasteiger partial charge in [-0.1, -0.05) is 13.3 Å². The molecule has 2 N–H and O–H groups in total. The number of piperidine rings is 1. The molecule has 19 heavy (non-hydrogen) atoms. The van der Waals surface area contributed by atoms with Crippen LogP contribution in [-0.4, -0.2) is 25.8 Å². The average molecular weight is 282 g/mol. The van der Waals surface area contributed by atoms with Crippen molar-refractivity contribution in [3.63, 3.8) is 0 Å². The van der Waals surface area contributed by atoms with Gasteiger partial charge >= 0.3 is 0 Å². The lowest BCUT2D eigenvalue weighted by Gasteiger charge is -2.31. The van der Waals surface area contributed by atoms with E-state index in [-0.39, 0.29) is 0 Å². The summed E-state index contributed by atoms with van der Waals surface area (Å²) >= 11 is 0. The Morgan fingerprint density at radius 2 is 2.11 bits per heavy atom. The highest BCUT2D eigenvalue weighted by Crippen LogP contribution is 2.26. The number of hydrogen-bond acceptors (Lipinski definition) is 3. The Kier molecular flexibility index (Phi) is 4.16. The molecule has 0 aromatic heterocycles. The molecule has 0 amide bonds. The van der Waals surface area contributed by atoms with E-state index in [4.69, 9.17) is 5.73 Å². The molecule has 1 atom stereocenters. The van der Waals surface area contributed by atoms with E-state index in [1.54, 1.807) is 22.5 Å². The molecule has 1 aliphatic rings. The van der Waals surface area contributed by atoms with E-state index >= 15 is 0 Å². The summed E-state index contributed by atoms with van der Waals surface area (Å²) in [6, 6.07) is 5.03. The minimum absolute atomic E-state index is 0.321. The molecule has 0 spiro atoms. The summed E-state index contributed by atoms with van der Waals surface area (Å²) in [4.78, 5) is 0.321. The smallest absolute Gasteiger partial charge is 0.243 e. The maximum Gasteiger partial charge on any atom is 0.243 e. The van der Waals surface area contributed by atoms with Crippen molar-refractivity contribution in [2.45, 2.75) is 38.0 Å². The fraction of sp³-hybridized carbons (Fsp3) is 0.571. The van der Waals surface area contributed by atoms with Gasteiger partial charge in [-0.05, 0) is 49.4 Å². The van der Waals surface area contributed by atoms with Gasteiger partial charge in [0, 0.05) is 18.8 Å². The van der Waals surface area contributed by atoms with Crippen LogP contribution in [0.1, 0.15) is 31.7 Å². The van der Waals surface area contributed by atoms with Gasteiger partial charge in [-0.2, -0.15) is 4.31 Å². The number of anilines is 1. The van der Waals surface area contributed by atoms with Crippen molar-refractivity contribution in [3.8, 4) is 0 Å². The lowest BCUT2D eigenvalue weighted by atomic mass is 9.97. The Labute approximate surface area is 115 Å². The van der Waals surface area contributed by atoms with Gasteiger partial charge in [-0.3, -0.25) is 0 Å². The minimum Gasteiger partial charge on any atom is -0.399 e. The molecule has 1 unspecified atom stereocenters. The van der Waals surface area contributed by atoms with Crippen molar-refractivity contribution in [2.24, 2.45) is 5.92 Å². The van der Waals surface area contributed by atoms with Crippen LogP contribution < -0.4 is 5.73 Å². The van der Waals surface area contributed by atoms with Gasteiger partial charge in [-0.25, -0.2) is 8.42 Å². The molecule has 1 heterocycles. The summed E-state index contributed by atoms with van der Waals surface area (Å²) in [5.41, 5.74) is 7.14. The summed E-state index contributed by atoms with van der Waals surface area (Å²) < 4.78 is 26.9. The highest BCUT2D eigenvalue weighted by Gasteiger charge is 2.29. The van der Waals surface area contributed by atoms with Gasteiger partial charge in [0.05, 0.1) is 4.90 Å². The molecule has 0 aliphatic carbocycles. The molecule has 1 aliphatic heterocycles. The highest BCUT2D eigenvalue weighted by atomic mass is 32.2. The van der Waals surface area contributed by atoms with Crippen molar-refractivity contribution in [3.05, 3.63) is 23.8 Å². The molecule has 1 saturated heterocycles. The third-order valence-corrected chi connectivity index (χ3v) is 5.61. The van der Waals surface area contributed by atoms with Crippen LogP contribution in [0.25, 0.3) is 0 Å². The highest BCUT2D eigenvalue weighted by molar-refractivity contribution is 7.89. The van der Waals surface area contributed by atoms with Crippen LogP contribution in [0, 0.1) is 12.8 Å². The molecule has 1 aromatic carbocycles. The van der Waals surface area contributed by atoms with Crippen molar-refractivity contribution >= 4 is 15.7 Å². The largest absolute Gasteiger partial charge is 0.399 e. The minimum atomic E-state index is -3.40. The molecular weight excluding hydrogens is 260 g/mol. The molecule has 1 fully saturated rings. The summed E-state index contributed by atoms with van der Waals surface area (Å²) in [5.74, 6) is 0.477. The normalized spacial score (nSPS) is 21.5. The van der Waals surface area contributed by atoms with Gasteiger partial charge in [0.1, 0.15) is 0 Å². The molecule has 1 aromatic rings. The first-order valence-electron chi connectivity index (χ1n) is 6.81. The van der Waals surface area contributed by atoms with Crippen LogP contribution >= 0.6 is 0 Å². The van der Waals surface area contributed by atoms with E-state index in [0.717, 1.165) is 24.8 Å². The van der Waals surface area contributed by atoms with Gasteiger partial charge in [0.25, 0.3) is 0 Å². The van der Waals surface area contributed by atoms with Crippen molar-refractivity contribution < 1.29 is 8.42 Å². The lowest BCUT2D eigenvalue weighted by molar-refractivity contribution is 0.261. The van der Waals surface area contributed by atoms with E-state index in [1.807, 2.05) is 6.92 Å². The van der Waals surface area contributed by atoms with Gasteiger partial charge in [0.2, 0.25) is 10.0 Å². The van der Waals surface area contributed by atoms with Gasteiger partial charge in [0.15, 0.2) is 0 Å². The van der Waals surface area contributed by atoms with Crippen LogP contribution in [-0.2, 0) is 10.0 Å². The first-order chi connectivity index (χ1) is 8.93. The summed E-state index contributed by atoms with van der Waals surface area (Å²) in [6.07, 6.45) is 3.10. The van der Waals surface area contributed by atoms with Gasteiger partial charge < -0.3 is 5.73 Å². The van der Waals surface area contributed by atoms with E-state index in [1.165, 1.54) is 0 Å². The van der Waals surface area contributed by atoms with Crippen LogP contribution in [0.2, 0.25) is 0 Å². The zero-order valence-electron chi connectivity index (χ0n) is 11.6. The second-order valence-electron chi connectivity index (χ2n) is 5.36. The Morgan fingerprint density at radius 1 is 1.37 bits per heavy atom. The fourth-order valence-electron chi connectivity index (χ4n) is 2.65. The lowest BCUT2D eigenvalue weighted by Crippen LogP contribution is -2.39. The third-order valence-electron chi connectivity index (χ3n) is 3.77. The van der Waals surface area contributed by atoms with E-state index < -0.39 is 10.0 Å².